The molecule has 9 heteroatoms. The SMILES string of the molecule is COc1cc(/C=C/COC(c2ccccc2)(c2ccccc2)C(Oc2nc(C)cc(C)n2)C(=O)O)cc(OC)c1OC. The smallest absolute Gasteiger partial charge is 0.348 e. The largest absolute Gasteiger partial charge is 0.493 e. The number of hydrogen-bond donors (Lipinski definition) is 1. The summed E-state index contributed by atoms with van der Waals surface area (Å²) < 4.78 is 29.0. The highest BCUT2D eigenvalue weighted by Gasteiger charge is 2.50. The first kappa shape index (κ1) is 30.1. The molecule has 0 aliphatic carbocycles. The van der Waals surface area contributed by atoms with Crippen molar-refractivity contribution < 1.29 is 33.6 Å². The zero-order chi connectivity index (χ0) is 30.1. The summed E-state index contributed by atoms with van der Waals surface area (Å²) in [7, 11) is 4.64. The molecule has 0 amide bonds. The van der Waals surface area contributed by atoms with Gasteiger partial charge in [-0.1, -0.05) is 72.8 Å². The van der Waals surface area contributed by atoms with Crippen molar-refractivity contribution in [3.63, 3.8) is 0 Å². The van der Waals surface area contributed by atoms with Crippen molar-refractivity contribution in [2.24, 2.45) is 0 Å². The highest BCUT2D eigenvalue weighted by Crippen LogP contribution is 2.40. The zero-order valence-corrected chi connectivity index (χ0v) is 24.2. The van der Waals surface area contributed by atoms with E-state index in [4.69, 9.17) is 23.7 Å². The van der Waals surface area contributed by atoms with E-state index >= 15 is 0 Å². The molecule has 1 unspecified atom stereocenters. The fraction of sp³-hybridized carbons (Fsp3) is 0.242. The van der Waals surface area contributed by atoms with Crippen molar-refractivity contribution in [3.05, 3.63) is 113 Å². The molecule has 4 rings (SSSR count). The molecule has 0 bridgehead atoms. The van der Waals surface area contributed by atoms with Gasteiger partial charge in [0.2, 0.25) is 11.9 Å². The lowest BCUT2D eigenvalue weighted by Gasteiger charge is -2.38. The van der Waals surface area contributed by atoms with E-state index in [1.165, 1.54) is 0 Å². The lowest BCUT2D eigenvalue weighted by atomic mass is 9.81. The van der Waals surface area contributed by atoms with Crippen molar-refractivity contribution in [2.75, 3.05) is 27.9 Å². The number of ether oxygens (including phenoxy) is 5. The Hall–Kier alpha value is -4.89. The Labute approximate surface area is 245 Å². The minimum absolute atomic E-state index is 0.0291. The molecule has 0 saturated carbocycles. The normalized spacial score (nSPS) is 12.1. The Kier molecular flexibility index (Phi) is 9.77. The first-order chi connectivity index (χ1) is 20.3. The van der Waals surface area contributed by atoms with Crippen LogP contribution in [-0.4, -0.2) is 55.1 Å². The summed E-state index contributed by atoms with van der Waals surface area (Å²) in [4.78, 5) is 21.7. The molecular formula is C33H34N2O7. The maximum Gasteiger partial charge on any atom is 0.348 e. The average Bonchev–Trinajstić information content (AvgIpc) is 3.00. The highest BCUT2D eigenvalue weighted by atomic mass is 16.6. The van der Waals surface area contributed by atoms with Crippen LogP contribution in [-0.2, 0) is 15.1 Å². The van der Waals surface area contributed by atoms with E-state index in [1.54, 1.807) is 59.5 Å². The second-order valence-corrected chi connectivity index (χ2v) is 9.41. The van der Waals surface area contributed by atoms with Gasteiger partial charge < -0.3 is 28.8 Å². The van der Waals surface area contributed by atoms with Crippen LogP contribution in [0, 0.1) is 13.8 Å². The van der Waals surface area contributed by atoms with Crippen LogP contribution in [0.1, 0.15) is 28.1 Å². The monoisotopic (exact) mass is 570 g/mol. The molecule has 0 fully saturated rings. The van der Waals surface area contributed by atoms with E-state index in [1.807, 2.05) is 66.7 Å². The lowest BCUT2D eigenvalue weighted by Crippen LogP contribution is -2.51. The van der Waals surface area contributed by atoms with Crippen LogP contribution in [0.2, 0.25) is 0 Å². The van der Waals surface area contributed by atoms with Gasteiger partial charge in [-0.15, -0.1) is 0 Å². The number of carboxylic acid groups (broad SMARTS) is 1. The number of nitrogens with zero attached hydrogens (tertiary/aromatic N) is 2. The van der Waals surface area contributed by atoms with Crippen LogP contribution in [0.4, 0.5) is 0 Å². The first-order valence-corrected chi connectivity index (χ1v) is 13.3. The third kappa shape index (κ3) is 6.53. The van der Waals surface area contributed by atoms with Crippen LogP contribution in [0.15, 0.2) is 84.9 Å². The number of aromatic nitrogens is 2. The summed E-state index contributed by atoms with van der Waals surface area (Å²) in [5.41, 5.74) is 1.69. The standard InChI is InChI=1S/C33H34N2O7/c1-22-19-23(2)35-32(34-22)42-30(31(36)37)33(25-14-8-6-9-15-25,26-16-10-7-11-17-26)41-18-12-13-24-20-27(38-3)29(40-5)28(21-24)39-4/h6-17,19-21,30H,18H2,1-5H3,(H,36,37)/b13-12+. The van der Waals surface area contributed by atoms with E-state index in [0.29, 0.717) is 39.8 Å². The summed E-state index contributed by atoms with van der Waals surface area (Å²) in [5.74, 6) is 0.260. The van der Waals surface area contributed by atoms with Gasteiger partial charge >= 0.3 is 12.0 Å². The minimum Gasteiger partial charge on any atom is -0.493 e. The van der Waals surface area contributed by atoms with Crippen LogP contribution < -0.4 is 18.9 Å². The number of hydrogen-bond acceptors (Lipinski definition) is 8. The van der Waals surface area contributed by atoms with Gasteiger partial charge in [0.1, 0.15) is 0 Å². The van der Waals surface area contributed by atoms with Crippen molar-refractivity contribution in [3.8, 4) is 23.3 Å². The molecule has 0 spiro atoms. The number of aliphatic carboxylic acids is 1. The van der Waals surface area contributed by atoms with Crippen molar-refractivity contribution >= 4 is 12.0 Å². The molecule has 0 aliphatic heterocycles. The second-order valence-electron chi connectivity index (χ2n) is 9.41. The van der Waals surface area contributed by atoms with Gasteiger partial charge in [-0.05, 0) is 48.7 Å². The molecule has 4 aromatic rings. The van der Waals surface area contributed by atoms with Crippen LogP contribution in [0.25, 0.3) is 6.08 Å². The first-order valence-electron chi connectivity index (χ1n) is 13.3. The molecule has 3 aromatic carbocycles. The lowest BCUT2D eigenvalue weighted by molar-refractivity contribution is -0.162. The predicted octanol–water partition coefficient (Wildman–Crippen LogP) is 5.63. The number of carbonyl (C=O) groups is 1. The number of aryl methyl sites for hydroxylation is 2. The second kappa shape index (κ2) is 13.6. The number of carboxylic acids is 1. The predicted molar refractivity (Wildman–Crippen MR) is 158 cm³/mol. The van der Waals surface area contributed by atoms with Gasteiger partial charge in [0.05, 0.1) is 27.9 Å². The Balaban J connectivity index is 1.79. The highest BCUT2D eigenvalue weighted by molar-refractivity contribution is 5.76. The van der Waals surface area contributed by atoms with E-state index in [9.17, 15) is 9.90 Å². The van der Waals surface area contributed by atoms with E-state index in [0.717, 1.165) is 5.56 Å². The summed E-state index contributed by atoms with van der Waals surface area (Å²) in [5, 5.41) is 10.6. The van der Waals surface area contributed by atoms with Gasteiger partial charge in [0.25, 0.3) is 0 Å². The van der Waals surface area contributed by atoms with Crippen LogP contribution in [0.3, 0.4) is 0 Å². The Morgan fingerprint density at radius 2 is 1.36 bits per heavy atom. The fourth-order valence-electron chi connectivity index (χ4n) is 4.80. The van der Waals surface area contributed by atoms with Gasteiger partial charge in [-0.25, -0.2) is 14.8 Å². The molecule has 1 atom stereocenters. The van der Waals surface area contributed by atoms with Crippen LogP contribution in [0.5, 0.6) is 23.3 Å². The van der Waals surface area contributed by atoms with E-state index in [2.05, 4.69) is 9.97 Å². The van der Waals surface area contributed by atoms with E-state index in [-0.39, 0.29) is 12.6 Å². The molecule has 1 aromatic heterocycles. The molecule has 0 radical (unpaired) electrons. The minimum atomic E-state index is -1.57. The molecule has 42 heavy (non-hydrogen) atoms. The van der Waals surface area contributed by atoms with Crippen molar-refractivity contribution in [1.82, 2.24) is 9.97 Å². The summed E-state index contributed by atoms with van der Waals surface area (Å²) in [6.07, 6.45) is 2.07. The zero-order valence-electron chi connectivity index (χ0n) is 24.2. The summed E-state index contributed by atoms with van der Waals surface area (Å²) >= 11 is 0. The van der Waals surface area contributed by atoms with Crippen molar-refractivity contribution in [2.45, 2.75) is 25.6 Å². The van der Waals surface area contributed by atoms with Crippen molar-refractivity contribution in [1.29, 1.82) is 0 Å². The summed E-state index contributed by atoms with van der Waals surface area (Å²) in [6.45, 7) is 3.62. The third-order valence-corrected chi connectivity index (χ3v) is 6.59. The Morgan fingerprint density at radius 3 is 1.81 bits per heavy atom. The molecule has 0 aliphatic rings. The summed E-state index contributed by atoms with van der Waals surface area (Å²) in [6, 6.07) is 23.6. The van der Waals surface area contributed by atoms with Gasteiger partial charge in [-0.2, -0.15) is 0 Å². The molecule has 1 N–H and O–H groups in total. The number of methoxy groups -OCH3 is 3. The number of rotatable bonds is 13. The Morgan fingerprint density at radius 1 is 0.833 bits per heavy atom. The van der Waals surface area contributed by atoms with Crippen LogP contribution >= 0.6 is 0 Å². The molecule has 0 saturated heterocycles. The fourth-order valence-corrected chi connectivity index (χ4v) is 4.80. The number of benzene rings is 3. The average molecular weight is 571 g/mol. The van der Waals surface area contributed by atoms with Gasteiger partial charge in [0, 0.05) is 11.4 Å². The third-order valence-electron chi connectivity index (χ3n) is 6.59. The molecule has 9 nitrogen and oxygen atoms in total. The van der Waals surface area contributed by atoms with Gasteiger partial charge in [-0.3, -0.25) is 0 Å². The van der Waals surface area contributed by atoms with E-state index < -0.39 is 17.7 Å². The van der Waals surface area contributed by atoms with Gasteiger partial charge in [0.15, 0.2) is 17.1 Å². The topological polar surface area (TPSA) is 109 Å². The molecule has 1 heterocycles. The maximum absolute atomic E-state index is 13.0. The quantitative estimate of drug-likeness (QED) is 0.219. The Bertz CT molecular complexity index is 1440. The molecular weight excluding hydrogens is 536 g/mol. The maximum atomic E-state index is 13.0. The molecule has 218 valence electrons.